The van der Waals surface area contributed by atoms with Crippen LogP contribution in [0.2, 0.25) is 0 Å². The van der Waals surface area contributed by atoms with Crippen LogP contribution in [0.1, 0.15) is 0 Å². The Labute approximate surface area is 66.1 Å². The molecule has 0 aliphatic rings. The highest BCUT2D eigenvalue weighted by molar-refractivity contribution is 5.66. The number of methoxy groups -OCH3 is 2. The Kier molecular flexibility index (Phi) is 7.28. The van der Waals surface area contributed by atoms with Crippen molar-refractivity contribution in [2.75, 3.05) is 27.7 Å². The van der Waals surface area contributed by atoms with Crippen molar-refractivity contribution in [1.82, 2.24) is 10.6 Å². The zero-order valence-electron chi connectivity index (χ0n) is 6.72. The fourth-order valence-corrected chi connectivity index (χ4v) is 0.446. The predicted octanol–water partition coefficient (Wildman–Crippen LogP) is -0.938. The quantitative estimate of drug-likeness (QED) is 0.373. The average molecular weight is 161 g/mol. The molecule has 0 atom stereocenters. The molecule has 5 heteroatoms. The topological polar surface area (TPSA) is 59.6 Å². The molecule has 0 saturated carbocycles. The number of hydrogen-bond acceptors (Lipinski definition) is 5. The van der Waals surface area contributed by atoms with Gasteiger partial charge in [-0.05, 0) is 0 Å². The summed E-state index contributed by atoms with van der Waals surface area (Å²) in [5.74, 6) is 0. The molecule has 11 heavy (non-hydrogen) atoms. The summed E-state index contributed by atoms with van der Waals surface area (Å²) in [6.07, 6.45) is 1.02. The molecule has 0 bridgehead atoms. The summed E-state index contributed by atoms with van der Waals surface area (Å²) < 4.78 is 9.36. The number of ether oxygens (including phenoxy) is 2. The minimum atomic E-state index is 0.296. The lowest BCUT2D eigenvalue weighted by molar-refractivity contribution is -0.107. The number of nitrogens with one attached hydrogen (secondary N) is 2. The maximum Gasteiger partial charge on any atom is 0.169 e. The van der Waals surface area contributed by atoms with E-state index in [1.54, 1.807) is 0 Å². The molecule has 1 radical (unpaired) electrons. The molecule has 0 spiro atoms. The summed E-state index contributed by atoms with van der Waals surface area (Å²) in [5, 5.41) is 5.38. The van der Waals surface area contributed by atoms with Crippen LogP contribution in [0.25, 0.3) is 0 Å². The van der Waals surface area contributed by atoms with Gasteiger partial charge in [-0.3, -0.25) is 15.4 Å². The van der Waals surface area contributed by atoms with E-state index in [1.165, 1.54) is 14.2 Å². The van der Waals surface area contributed by atoms with Gasteiger partial charge in [-0.2, -0.15) is 0 Å². The van der Waals surface area contributed by atoms with Crippen LogP contribution in [0, 0.1) is 6.17 Å². The van der Waals surface area contributed by atoms with Gasteiger partial charge in [-0.15, -0.1) is 0 Å². The molecule has 0 heterocycles. The van der Waals surface area contributed by atoms with Gasteiger partial charge in [0.25, 0.3) is 0 Å². The van der Waals surface area contributed by atoms with Crippen LogP contribution < -0.4 is 10.6 Å². The van der Waals surface area contributed by atoms with Gasteiger partial charge in [-0.25, -0.2) is 0 Å². The molecule has 5 nitrogen and oxygen atoms in total. The summed E-state index contributed by atoms with van der Waals surface area (Å²) in [7, 11) is 3.07. The predicted molar refractivity (Wildman–Crippen MR) is 39.3 cm³/mol. The Morgan fingerprint density at radius 3 is 2.00 bits per heavy atom. The number of carbonyl (C=O) groups is 1. The van der Waals surface area contributed by atoms with Gasteiger partial charge in [0.1, 0.15) is 0 Å². The molecule has 0 aliphatic heterocycles. The highest BCUT2D eigenvalue weighted by Crippen LogP contribution is 1.80. The fourth-order valence-electron chi connectivity index (χ4n) is 0.446. The lowest BCUT2D eigenvalue weighted by Crippen LogP contribution is -2.37. The third-order valence-corrected chi connectivity index (χ3v) is 0.932. The summed E-state index contributed by atoms with van der Waals surface area (Å²) in [6.45, 7) is 0.593. The fraction of sp³-hybridized carbons (Fsp3) is 0.667. The monoisotopic (exact) mass is 161 g/mol. The first kappa shape index (κ1) is 10.5. The highest BCUT2D eigenvalue weighted by Gasteiger charge is 2.04. The van der Waals surface area contributed by atoms with Crippen LogP contribution in [0.4, 0.5) is 0 Å². The Bertz CT molecular complexity index is 91.8. The maximum atomic E-state index is 10.2. The van der Waals surface area contributed by atoms with E-state index in [9.17, 15) is 4.79 Å². The van der Waals surface area contributed by atoms with E-state index in [1.807, 2.05) is 0 Å². The van der Waals surface area contributed by atoms with Crippen molar-refractivity contribution in [3.8, 4) is 0 Å². The molecule has 0 aromatic rings. The molecule has 0 fully saturated rings. The maximum absolute atomic E-state index is 10.2. The molecular weight excluding hydrogens is 148 g/mol. The molecule has 0 aromatic heterocycles. The van der Waals surface area contributed by atoms with Crippen molar-refractivity contribution in [3.05, 3.63) is 6.17 Å². The van der Waals surface area contributed by atoms with E-state index in [0.29, 0.717) is 25.9 Å². The molecule has 0 rings (SSSR count). The van der Waals surface area contributed by atoms with Crippen molar-refractivity contribution in [2.45, 2.75) is 0 Å². The van der Waals surface area contributed by atoms with Crippen LogP contribution in [0.5, 0.6) is 0 Å². The second-order valence-corrected chi connectivity index (χ2v) is 1.75. The third-order valence-electron chi connectivity index (χ3n) is 0.932. The number of carbonyl (C=O) groups excluding carboxylic acids is 1. The first-order valence-corrected chi connectivity index (χ1v) is 3.13. The van der Waals surface area contributed by atoms with Crippen LogP contribution in [-0.2, 0) is 14.3 Å². The van der Waals surface area contributed by atoms with Crippen molar-refractivity contribution in [3.63, 3.8) is 0 Å². The average Bonchev–Trinajstić information content (AvgIpc) is 2.05. The Balaban J connectivity index is 3.33. The van der Waals surface area contributed by atoms with Gasteiger partial charge in [0.2, 0.25) is 0 Å². The van der Waals surface area contributed by atoms with Gasteiger partial charge < -0.3 is 9.47 Å². The van der Waals surface area contributed by atoms with Crippen molar-refractivity contribution in [2.24, 2.45) is 0 Å². The second kappa shape index (κ2) is 7.62. The lowest BCUT2D eigenvalue weighted by Gasteiger charge is -2.10. The largest absolute Gasteiger partial charge is 0.369 e. The molecule has 0 saturated heterocycles. The van der Waals surface area contributed by atoms with Crippen molar-refractivity contribution >= 4 is 6.29 Å². The molecular formula is C6H13N2O3. The highest BCUT2D eigenvalue weighted by atomic mass is 16.5. The van der Waals surface area contributed by atoms with Crippen LogP contribution >= 0.6 is 0 Å². The van der Waals surface area contributed by atoms with Gasteiger partial charge in [-0.1, -0.05) is 0 Å². The minimum absolute atomic E-state index is 0.296. The van der Waals surface area contributed by atoms with Crippen LogP contribution in [-0.4, -0.2) is 34.0 Å². The summed E-state index contributed by atoms with van der Waals surface area (Å²) in [4.78, 5) is 10.2. The molecule has 2 N–H and O–H groups in total. The Hall–Kier alpha value is -0.490. The van der Waals surface area contributed by atoms with E-state index in [0.717, 1.165) is 0 Å². The SMILES string of the molecule is COCN[C](C=O)NCOC. The lowest BCUT2D eigenvalue weighted by atomic mass is 10.5. The molecule has 0 amide bonds. The summed E-state index contributed by atoms with van der Waals surface area (Å²) >= 11 is 0. The van der Waals surface area contributed by atoms with Gasteiger partial charge in [0.05, 0.1) is 13.5 Å². The van der Waals surface area contributed by atoms with Crippen molar-refractivity contribution < 1.29 is 14.3 Å². The summed E-state index contributed by atoms with van der Waals surface area (Å²) in [6, 6.07) is 0. The van der Waals surface area contributed by atoms with E-state index in [2.05, 4.69) is 20.1 Å². The molecule has 0 aromatic carbocycles. The van der Waals surface area contributed by atoms with Gasteiger partial charge in [0.15, 0.2) is 12.5 Å². The third kappa shape index (κ3) is 5.93. The van der Waals surface area contributed by atoms with E-state index in [-0.39, 0.29) is 0 Å². The molecule has 0 unspecified atom stereocenters. The minimum Gasteiger partial charge on any atom is -0.369 e. The Morgan fingerprint density at radius 2 is 1.73 bits per heavy atom. The zero-order valence-corrected chi connectivity index (χ0v) is 6.72. The molecule has 0 aliphatic carbocycles. The number of rotatable bonds is 7. The smallest absolute Gasteiger partial charge is 0.169 e. The standard InChI is InChI=1S/C6H13N2O3/c1-10-4-7-6(3-9)8-5-11-2/h3,7-8H,4-5H2,1-2H3. The second-order valence-electron chi connectivity index (χ2n) is 1.75. The van der Waals surface area contributed by atoms with E-state index < -0.39 is 0 Å². The first-order valence-electron chi connectivity index (χ1n) is 3.13. The number of aldehydes is 1. The van der Waals surface area contributed by atoms with Crippen molar-refractivity contribution in [1.29, 1.82) is 0 Å². The molecule has 65 valence electrons. The Morgan fingerprint density at radius 1 is 1.27 bits per heavy atom. The number of hydrogen-bond donors (Lipinski definition) is 2. The zero-order chi connectivity index (χ0) is 8.53. The van der Waals surface area contributed by atoms with Crippen LogP contribution in [0.15, 0.2) is 0 Å². The summed E-state index contributed by atoms with van der Waals surface area (Å²) in [5.41, 5.74) is 0. The van der Waals surface area contributed by atoms with E-state index in [4.69, 9.17) is 0 Å². The van der Waals surface area contributed by atoms with Gasteiger partial charge in [0, 0.05) is 14.2 Å². The van der Waals surface area contributed by atoms with Crippen LogP contribution in [0.3, 0.4) is 0 Å². The normalized spacial score (nSPS) is 10.5. The first-order chi connectivity index (χ1) is 5.35. The van der Waals surface area contributed by atoms with Gasteiger partial charge >= 0.3 is 0 Å². The van der Waals surface area contributed by atoms with E-state index >= 15 is 0 Å².